The maximum absolute atomic E-state index is 12.9. The molecule has 1 aromatic heterocycles. The number of benzene rings is 1. The fourth-order valence-corrected chi connectivity index (χ4v) is 3.83. The van der Waals surface area contributed by atoms with E-state index < -0.39 is 0 Å². The Bertz CT molecular complexity index is 671. The number of carbonyl (C=O) groups excluding carboxylic acids is 1. The van der Waals surface area contributed by atoms with Crippen molar-refractivity contribution < 1.29 is 9.21 Å². The Kier molecular flexibility index (Phi) is 4.15. The van der Waals surface area contributed by atoms with E-state index in [-0.39, 0.29) is 17.4 Å². The van der Waals surface area contributed by atoms with Gasteiger partial charge in [-0.25, -0.2) is 0 Å². The third-order valence-electron chi connectivity index (χ3n) is 5.42. The van der Waals surface area contributed by atoms with Crippen LogP contribution in [-0.2, 0) is 10.2 Å². The van der Waals surface area contributed by atoms with Gasteiger partial charge < -0.3 is 9.73 Å². The van der Waals surface area contributed by atoms with Gasteiger partial charge in [0.1, 0.15) is 5.76 Å². The Morgan fingerprint density at radius 1 is 1.12 bits per heavy atom. The van der Waals surface area contributed by atoms with Gasteiger partial charge in [0, 0.05) is 6.54 Å². The minimum atomic E-state index is -0.306. The average Bonchev–Trinajstić information content (AvgIpc) is 3.02. The molecule has 24 heavy (non-hydrogen) atoms. The smallest absolute Gasteiger partial charge is 0.230 e. The molecular weight excluding hydrogens is 300 g/mol. The van der Waals surface area contributed by atoms with Crippen molar-refractivity contribution in [2.75, 3.05) is 19.6 Å². The van der Waals surface area contributed by atoms with Crippen LogP contribution < -0.4 is 5.32 Å². The van der Waals surface area contributed by atoms with Crippen LogP contribution in [0.1, 0.15) is 43.0 Å². The van der Waals surface area contributed by atoms with Crippen LogP contribution in [-0.4, -0.2) is 30.4 Å². The number of furan rings is 1. The van der Waals surface area contributed by atoms with E-state index in [2.05, 4.69) is 22.3 Å². The van der Waals surface area contributed by atoms with Crippen molar-refractivity contribution in [3.05, 3.63) is 60.1 Å². The van der Waals surface area contributed by atoms with Gasteiger partial charge in [-0.05, 0) is 56.5 Å². The normalized spacial score (nSPS) is 20.7. The summed E-state index contributed by atoms with van der Waals surface area (Å²) in [5.74, 6) is 1.10. The van der Waals surface area contributed by atoms with Crippen LogP contribution >= 0.6 is 0 Å². The van der Waals surface area contributed by atoms with Crippen LogP contribution in [0.4, 0.5) is 0 Å². The zero-order valence-corrected chi connectivity index (χ0v) is 13.9. The van der Waals surface area contributed by atoms with Crippen molar-refractivity contribution in [3.8, 4) is 0 Å². The van der Waals surface area contributed by atoms with E-state index in [9.17, 15) is 4.79 Å². The Hall–Kier alpha value is -2.07. The summed E-state index contributed by atoms with van der Waals surface area (Å²) in [6.45, 7) is 2.76. The van der Waals surface area contributed by atoms with Crippen molar-refractivity contribution in [2.24, 2.45) is 0 Å². The zero-order valence-electron chi connectivity index (χ0n) is 13.9. The molecule has 2 aromatic rings. The lowest BCUT2D eigenvalue weighted by Crippen LogP contribution is -2.41. The van der Waals surface area contributed by atoms with Crippen molar-refractivity contribution in [3.63, 3.8) is 0 Å². The number of likely N-dealkylation sites (tertiary alicyclic amines) is 1. The van der Waals surface area contributed by atoms with Crippen molar-refractivity contribution in [1.82, 2.24) is 10.2 Å². The molecule has 1 atom stereocenters. The van der Waals surface area contributed by atoms with Crippen LogP contribution in [0.25, 0.3) is 0 Å². The van der Waals surface area contributed by atoms with Gasteiger partial charge >= 0.3 is 0 Å². The molecule has 1 aliphatic heterocycles. The Morgan fingerprint density at radius 3 is 2.50 bits per heavy atom. The van der Waals surface area contributed by atoms with E-state index in [1.807, 2.05) is 30.3 Å². The summed E-state index contributed by atoms with van der Waals surface area (Å²) in [7, 11) is 0. The van der Waals surface area contributed by atoms with Crippen LogP contribution in [0.2, 0.25) is 0 Å². The molecule has 1 aromatic carbocycles. The van der Waals surface area contributed by atoms with Crippen molar-refractivity contribution >= 4 is 5.91 Å². The van der Waals surface area contributed by atoms with Gasteiger partial charge in [0.2, 0.25) is 5.91 Å². The first kappa shape index (κ1) is 15.5. The molecule has 1 amide bonds. The standard InChI is InChI=1S/C20H24N2O2/c23-19(20(10-11-20)16-7-2-1-3-8-16)21-15-17(18-9-6-14-24-18)22-12-4-5-13-22/h1-3,6-9,14,17H,4-5,10-13,15H2,(H,21,23). The minimum absolute atomic E-state index is 0.137. The molecule has 0 radical (unpaired) electrons. The van der Waals surface area contributed by atoms with E-state index in [0.29, 0.717) is 6.54 Å². The molecule has 1 aliphatic carbocycles. The van der Waals surface area contributed by atoms with E-state index in [1.165, 1.54) is 12.8 Å². The Balaban J connectivity index is 1.45. The number of rotatable bonds is 6. The van der Waals surface area contributed by atoms with Gasteiger partial charge in [-0.3, -0.25) is 9.69 Å². The van der Waals surface area contributed by atoms with E-state index in [1.54, 1.807) is 6.26 Å². The molecule has 4 nitrogen and oxygen atoms in total. The van der Waals surface area contributed by atoms with E-state index >= 15 is 0 Å². The Morgan fingerprint density at radius 2 is 1.88 bits per heavy atom. The second kappa shape index (κ2) is 6.44. The van der Waals surface area contributed by atoms with Gasteiger partial charge in [0.25, 0.3) is 0 Å². The predicted molar refractivity (Wildman–Crippen MR) is 92.6 cm³/mol. The van der Waals surface area contributed by atoms with Crippen molar-refractivity contribution in [1.29, 1.82) is 0 Å². The molecule has 2 heterocycles. The molecule has 4 rings (SSSR count). The summed E-state index contributed by atoms with van der Waals surface area (Å²) in [5.41, 5.74) is 0.832. The summed E-state index contributed by atoms with van der Waals surface area (Å²) < 4.78 is 5.63. The van der Waals surface area contributed by atoms with E-state index in [0.717, 1.165) is 37.3 Å². The van der Waals surface area contributed by atoms with Crippen molar-refractivity contribution in [2.45, 2.75) is 37.1 Å². The number of amides is 1. The first-order valence-corrected chi connectivity index (χ1v) is 8.91. The van der Waals surface area contributed by atoms with Gasteiger partial charge in [-0.15, -0.1) is 0 Å². The first-order chi connectivity index (χ1) is 11.8. The summed E-state index contributed by atoms with van der Waals surface area (Å²) in [6, 6.07) is 14.2. The first-order valence-electron chi connectivity index (χ1n) is 8.91. The highest BCUT2D eigenvalue weighted by molar-refractivity contribution is 5.91. The zero-order chi connectivity index (χ0) is 16.4. The number of hydrogen-bond donors (Lipinski definition) is 1. The molecule has 1 N–H and O–H groups in total. The summed E-state index contributed by atoms with van der Waals surface area (Å²) in [6.07, 6.45) is 6.04. The van der Waals surface area contributed by atoms with Crippen LogP contribution in [0, 0.1) is 0 Å². The van der Waals surface area contributed by atoms with Gasteiger partial charge in [0.05, 0.1) is 17.7 Å². The highest BCUT2D eigenvalue weighted by Crippen LogP contribution is 2.48. The number of nitrogens with one attached hydrogen (secondary N) is 1. The quantitative estimate of drug-likeness (QED) is 0.887. The highest BCUT2D eigenvalue weighted by Gasteiger charge is 2.51. The second-order valence-corrected chi connectivity index (χ2v) is 6.93. The SMILES string of the molecule is O=C(NCC(c1ccco1)N1CCCC1)C1(c2ccccc2)CC1. The second-order valence-electron chi connectivity index (χ2n) is 6.93. The fraction of sp³-hybridized carbons (Fsp3) is 0.450. The lowest BCUT2D eigenvalue weighted by atomic mass is 9.95. The third kappa shape index (κ3) is 2.86. The monoisotopic (exact) mass is 324 g/mol. The molecule has 1 saturated heterocycles. The minimum Gasteiger partial charge on any atom is -0.468 e. The highest BCUT2D eigenvalue weighted by atomic mass is 16.3. The summed E-state index contributed by atoms with van der Waals surface area (Å²) in [5, 5.41) is 3.21. The summed E-state index contributed by atoms with van der Waals surface area (Å²) >= 11 is 0. The lowest BCUT2D eigenvalue weighted by molar-refractivity contribution is -0.123. The lowest BCUT2D eigenvalue weighted by Gasteiger charge is -2.27. The summed E-state index contributed by atoms with van der Waals surface area (Å²) in [4.78, 5) is 15.3. The molecule has 2 aliphatic rings. The topological polar surface area (TPSA) is 45.5 Å². The maximum atomic E-state index is 12.9. The third-order valence-corrected chi connectivity index (χ3v) is 5.42. The fourth-order valence-electron chi connectivity index (χ4n) is 3.83. The molecule has 1 saturated carbocycles. The van der Waals surface area contributed by atoms with Crippen LogP contribution in [0.5, 0.6) is 0 Å². The Labute approximate surface area is 142 Å². The molecule has 2 fully saturated rings. The van der Waals surface area contributed by atoms with E-state index in [4.69, 9.17) is 4.42 Å². The average molecular weight is 324 g/mol. The largest absolute Gasteiger partial charge is 0.468 e. The molecule has 1 unspecified atom stereocenters. The molecule has 0 spiro atoms. The van der Waals surface area contributed by atoms with Crippen LogP contribution in [0.3, 0.4) is 0 Å². The predicted octanol–water partition coefficient (Wildman–Crippen LogP) is 3.26. The van der Waals surface area contributed by atoms with Gasteiger partial charge in [0.15, 0.2) is 0 Å². The van der Waals surface area contributed by atoms with Crippen LogP contribution in [0.15, 0.2) is 53.1 Å². The number of carbonyl (C=O) groups is 1. The molecule has 4 heteroatoms. The van der Waals surface area contributed by atoms with Gasteiger partial charge in [-0.2, -0.15) is 0 Å². The maximum Gasteiger partial charge on any atom is 0.230 e. The molecule has 126 valence electrons. The van der Waals surface area contributed by atoms with Gasteiger partial charge in [-0.1, -0.05) is 30.3 Å². The molecular formula is C20H24N2O2. The number of nitrogens with zero attached hydrogens (tertiary/aromatic N) is 1. The number of hydrogen-bond acceptors (Lipinski definition) is 3. The molecule has 0 bridgehead atoms.